The number of aryl methyl sites for hydroxylation is 1. The summed E-state index contributed by atoms with van der Waals surface area (Å²) in [4.78, 5) is 17.0. The van der Waals surface area contributed by atoms with Gasteiger partial charge in [0.2, 0.25) is 11.7 Å². The van der Waals surface area contributed by atoms with Crippen LogP contribution in [0.5, 0.6) is 11.5 Å². The van der Waals surface area contributed by atoms with Crippen molar-refractivity contribution in [3.8, 4) is 34.3 Å². The van der Waals surface area contributed by atoms with Crippen LogP contribution in [0.1, 0.15) is 5.56 Å². The molecule has 0 aliphatic rings. The maximum absolute atomic E-state index is 13.8. The summed E-state index contributed by atoms with van der Waals surface area (Å²) in [7, 11) is 3.09. The monoisotopic (exact) mass is 498 g/mol. The maximum atomic E-state index is 13.8. The van der Waals surface area contributed by atoms with E-state index in [2.05, 4.69) is 20.6 Å². The van der Waals surface area contributed by atoms with Gasteiger partial charge in [-0.05, 0) is 49.1 Å². The number of carbonyl (C=O) groups is 1. The Balaban J connectivity index is 1.59. The van der Waals surface area contributed by atoms with Crippen LogP contribution in [-0.4, -0.2) is 46.3 Å². The molecule has 0 unspecified atom stereocenters. The van der Waals surface area contributed by atoms with E-state index in [4.69, 9.17) is 19.7 Å². The van der Waals surface area contributed by atoms with Crippen LogP contribution < -0.4 is 20.5 Å². The predicted octanol–water partition coefficient (Wildman–Crippen LogP) is 4.01. The largest absolute Gasteiger partial charge is 0.493 e. The highest BCUT2D eigenvalue weighted by molar-refractivity contribution is 7.98. The molecule has 0 atom stereocenters. The second-order valence-electron chi connectivity index (χ2n) is 7.43. The van der Waals surface area contributed by atoms with Crippen molar-refractivity contribution in [3.63, 3.8) is 0 Å². The van der Waals surface area contributed by atoms with Crippen molar-refractivity contribution in [2.45, 2.75) is 18.5 Å². The van der Waals surface area contributed by atoms with E-state index in [1.807, 2.05) is 6.26 Å². The van der Waals surface area contributed by atoms with Gasteiger partial charge in [0.05, 0.1) is 14.2 Å². The lowest BCUT2D eigenvalue weighted by atomic mass is 10.2. The molecule has 0 aliphatic heterocycles. The van der Waals surface area contributed by atoms with E-state index in [1.54, 1.807) is 44.4 Å². The van der Waals surface area contributed by atoms with Crippen molar-refractivity contribution in [2.75, 3.05) is 31.5 Å². The third kappa shape index (κ3) is 4.92. The van der Waals surface area contributed by atoms with E-state index in [0.717, 1.165) is 0 Å². The number of rotatable bonds is 8. The van der Waals surface area contributed by atoms with Crippen LogP contribution in [0.15, 0.2) is 45.9 Å². The number of hydrogen-bond acceptors (Lipinski definition) is 9. The summed E-state index contributed by atoms with van der Waals surface area (Å²) >= 11 is 1.32. The Bertz CT molecular complexity index is 1390. The molecule has 12 heteroatoms. The van der Waals surface area contributed by atoms with Crippen molar-refractivity contribution in [2.24, 2.45) is 0 Å². The summed E-state index contributed by atoms with van der Waals surface area (Å²) in [6.07, 6.45) is 1.82. The summed E-state index contributed by atoms with van der Waals surface area (Å²) in [5.41, 5.74) is 8.21. The van der Waals surface area contributed by atoms with Gasteiger partial charge in [-0.3, -0.25) is 4.79 Å². The van der Waals surface area contributed by atoms with Crippen molar-refractivity contribution < 1.29 is 23.2 Å². The number of halogens is 1. The Morgan fingerprint density at radius 3 is 2.66 bits per heavy atom. The Labute approximate surface area is 204 Å². The topological polar surface area (TPSA) is 130 Å². The van der Waals surface area contributed by atoms with Crippen LogP contribution in [0.3, 0.4) is 0 Å². The first kappa shape index (κ1) is 24.1. The van der Waals surface area contributed by atoms with Gasteiger partial charge in [0.1, 0.15) is 28.8 Å². The van der Waals surface area contributed by atoms with Crippen LogP contribution in [0.2, 0.25) is 0 Å². The lowest BCUT2D eigenvalue weighted by Gasteiger charge is -2.07. The van der Waals surface area contributed by atoms with Crippen molar-refractivity contribution in [1.29, 1.82) is 0 Å². The molecule has 0 aliphatic carbocycles. The summed E-state index contributed by atoms with van der Waals surface area (Å²) in [5.74, 6) is 0.924. The summed E-state index contributed by atoms with van der Waals surface area (Å²) in [6, 6.07) is 9.71. The number of aromatic nitrogens is 4. The fraction of sp³-hybridized carbons (Fsp3) is 0.217. The first-order valence-corrected chi connectivity index (χ1v) is 11.6. The molecule has 2 aromatic carbocycles. The molecule has 1 amide bonds. The Hall–Kier alpha value is -4.06. The zero-order valence-electron chi connectivity index (χ0n) is 19.5. The van der Waals surface area contributed by atoms with Crippen LogP contribution in [0.4, 0.5) is 15.9 Å². The minimum absolute atomic E-state index is 0.156. The van der Waals surface area contributed by atoms with Gasteiger partial charge < -0.3 is 25.0 Å². The van der Waals surface area contributed by atoms with Gasteiger partial charge in [-0.15, -0.1) is 11.8 Å². The molecule has 10 nitrogen and oxygen atoms in total. The Morgan fingerprint density at radius 1 is 1.20 bits per heavy atom. The third-order valence-corrected chi connectivity index (χ3v) is 5.86. The number of nitrogens with one attached hydrogen (secondary N) is 1. The van der Waals surface area contributed by atoms with E-state index in [-0.39, 0.29) is 18.3 Å². The van der Waals surface area contributed by atoms with Gasteiger partial charge >= 0.3 is 0 Å². The number of nitrogens with two attached hydrogens (primary N) is 1. The fourth-order valence-electron chi connectivity index (χ4n) is 3.34. The van der Waals surface area contributed by atoms with Crippen LogP contribution in [0.25, 0.3) is 22.8 Å². The molecule has 3 N–H and O–H groups in total. The molecule has 0 saturated carbocycles. The Kier molecular flexibility index (Phi) is 6.92. The first-order valence-electron chi connectivity index (χ1n) is 10.4. The predicted molar refractivity (Wildman–Crippen MR) is 130 cm³/mol. The lowest BCUT2D eigenvalue weighted by molar-refractivity contribution is -0.116. The highest BCUT2D eigenvalue weighted by Gasteiger charge is 2.24. The molecule has 4 rings (SSSR count). The normalized spacial score (nSPS) is 10.9. The van der Waals surface area contributed by atoms with E-state index in [0.29, 0.717) is 44.7 Å². The van der Waals surface area contributed by atoms with Crippen molar-refractivity contribution >= 4 is 29.2 Å². The molecule has 4 aromatic rings. The third-order valence-electron chi connectivity index (χ3n) is 5.18. The SMILES string of the molecule is COc1ccc(-c2noc(-c3c(SC)nn(CC(=O)Nc4ccc(C)c(F)c4)c3N)n2)cc1OC. The molecular formula is C23H23FN6O4S. The average Bonchev–Trinajstić information content (AvgIpc) is 3.45. The van der Waals surface area contributed by atoms with Gasteiger partial charge in [-0.25, -0.2) is 9.07 Å². The van der Waals surface area contributed by atoms with Crippen LogP contribution in [0, 0.1) is 12.7 Å². The molecule has 0 spiro atoms. The maximum Gasteiger partial charge on any atom is 0.264 e. The minimum Gasteiger partial charge on any atom is -0.493 e. The van der Waals surface area contributed by atoms with Gasteiger partial charge in [-0.2, -0.15) is 10.1 Å². The summed E-state index contributed by atoms with van der Waals surface area (Å²) in [6.45, 7) is 1.45. The molecule has 2 heterocycles. The van der Waals surface area contributed by atoms with Crippen molar-refractivity contribution in [1.82, 2.24) is 19.9 Å². The molecule has 0 radical (unpaired) electrons. The summed E-state index contributed by atoms with van der Waals surface area (Å²) in [5, 5.41) is 11.6. The number of methoxy groups -OCH3 is 2. The molecule has 0 saturated heterocycles. The number of ether oxygens (including phenoxy) is 2. The van der Waals surface area contributed by atoms with E-state index in [1.165, 1.54) is 29.6 Å². The number of nitrogen functional groups attached to an aromatic ring is 1. The second kappa shape index (κ2) is 10.1. The number of carbonyl (C=O) groups excluding carboxylic acids is 1. The fourth-order valence-corrected chi connectivity index (χ4v) is 3.92. The van der Waals surface area contributed by atoms with Gasteiger partial charge in [0.15, 0.2) is 11.5 Å². The van der Waals surface area contributed by atoms with Crippen LogP contribution in [-0.2, 0) is 11.3 Å². The summed E-state index contributed by atoms with van der Waals surface area (Å²) < 4.78 is 31.2. The zero-order valence-corrected chi connectivity index (χ0v) is 20.3. The standard InChI is InChI=1S/C23H23FN6O4S/c1-12-5-7-14(10-15(12)24)26-18(31)11-30-20(25)19(23(28-30)35-4)22-27-21(29-34-22)13-6-8-16(32-2)17(9-13)33-3/h5-10H,11,25H2,1-4H3,(H,26,31). The molecule has 0 bridgehead atoms. The number of nitrogens with zero attached hydrogens (tertiary/aromatic N) is 4. The molecule has 35 heavy (non-hydrogen) atoms. The number of hydrogen-bond donors (Lipinski definition) is 2. The van der Waals surface area contributed by atoms with Gasteiger partial charge in [0, 0.05) is 11.3 Å². The van der Waals surface area contributed by atoms with Gasteiger partial charge in [0.25, 0.3) is 5.89 Å². The highest BCUT2D eigenvalue weighted by atomic mass is 32.2. The number of benzene rings is 2. The lowest BCUT2D eigenvalue weighted by Crippen LogP contribution is -2.20. The number of amides is 1. The van der Waals surface area contributed by atoms with E-state index < -0.39 is 11.7 Å². The molecule has 2 aromatic heterocycles. The first-order chi connectivity index (χ1) is 16.8. The molecule has 0 fully saturated rings. The minimum atomic E-state index is -0.418. The van der Waals surface area contributed by atoms with E-state index >= 15 is 0 Å². The zero-order chi connectivity index (χ0) is 25.1. The second-order valence-corrected chi connectivity index (χ2v) is 8.23. The quantitative estimate of drug-likeness (QED) is 0.346. The smallest absolute Gasteiger partial charge is 0.264 e. The Morgan fingerprint density at radius 2 is 1.97 bits per heavy atom. The number of thioether (sulfide) groups is 1. The molecular weight excluding hydrogens is 475 g/mol. The highest BCUT2D eigenvalue weighted by Crippen LogP contribution is 2.36. The number of anilines is 2. The molecule has 182 valence electrons. The average molecular weight is 499 g/mol. The van der Waals surface area contributed by atoms with Crippen molar-refractivity contribution in [3.05, 3.63) is 47.8 Å². The van der Waals surface area contributed by atoms with Gasteiger partial charge in [-0.1, -0.05) is 11.2 Å². The van der Waals surface area contributed by atoms with Crippen LogP contribution >= 0.6 is 11.8 Å². The van der Waals surface area contributed by atoms with E-state index in [9.17, 15) is 9.18 Å².